The number of rotatable bonds is 2. The van der Waals surface area contributed by atoms with Crippen molar-refractivity contribution in [1.82, 2.24) is 14.9 Å². The van der Waals surface area contributed by atoms with Crippen LogP contribution in [0.15, 0.2) is 23.0 Å². The second-order valence-corrected chi connectivity index (χ2v) is 5.34. The minimum Gasteiger partial charge on any atom is -0.478 e. The molecule has 0 saturated carbocycles. The minimum atomic E-state index is -1.15. The minimum absolute atomic E-state index is 0.0323. The summed E-state index contributed by atoms with van der Waals surface area (Å²) in [5, 5.41) is 11.4. The molecule has 2 N–H and O–H groups in total. The maximum Gasteiger partial charge on any atom is 0.335 e. The molecule has 0 radical (unpaired) electrons. The summed E-state index contributed by atoms with van der Waals surface area (Å²) < 4.78 is 1.22. The maximum atomic E-state index is 12.7. The molecule has 0 bridgehead atoms. The van der Waals surface area contributed by atoms with Crippen LogP contribution in [0.4, 0.5) is 0 Å². The van der Waals surface area contributed by atoms with Gasteiger partial charge in [0, 0.05) is 6.42 Å². The van der Waals surface area contributed by atoms with Gasteiger partial charge < -0.3 is 5.11 Å². The smallest absolute Gasteiger partial charge is 0.335 e. The summed E-state index contributed by atoms with van der Waals surface area (Å²) in [6, 6.07) is 3.24. The van der Waals surface area contributed by atoms with Crippen LogP contribution in [0.3, 0.4) is 0 Å². The third-order valence-electron chi connectivity index (χ3n) is 3.85. The van der Waals surface area contributed by atoms with Crippen molar-refractivity contribution in [3.8, 4) is 0 Å². The van der Waals surface area contributed by atoms with Crippen LogP contribution in [-0.2, 0) is 9.59 Å². The summed E-state index contributed by atoms with van der Waals surface area (Å²) in [7, 11) is 0. The van der Waals surface area contributed by atoms with Crippen LogP contribution in [0.1, 0.15) is 35.1 Å². The third kappa shape index (κ3) is 2.48. The van der Waals surface area contributed by atoms with Gasteiger partial charge in [-0.05, 0) is 31.5 Å². The van der Waals surface area contributed by atoms with E-state index in [1.807, 2.05) is 0 Å². The molecule has 1 aromatic carbocycles. The van der Waals surface area contributed by atoms with E-state index in [1.54, 1.807) is 6.92 Å². The molecule has 1 unspecified atom stereocenters. The topological polar surface area (TPSA) is 118 Å². The van der Waals surface area contributed by atoms with E-state index in [2.05, 4.69) is 10.3 Å². The van der Waals surface area contributed by atoms with Gasteiger partial charge in [-0.1, -0.05) is 0 Å². The lowest BCUT2D eigenvalue weighted by molar-refractivity contribution is -0.135. The Hall–Kier alpha value is -3.03. The van der Waals surface area contributed by atoms with Crippen LogP contribution >= 0.6 is 0 Å². The summed E-state index contributed by atoms with van der Waals surface area (Å²) in [6.45, 7) is 1.59. The summed E-state index contributed by atoms with van der Waals surface area (Å²) in [6.07, 6.45) is 0.340. The van der Waals surface area contributed by atoms with Gasteiger partial charge in [-0.2, -0.15) is 0 Å². The molecule has 1 fully saturated rings. The number of benzene rings is 1. The van der Waals surface area contributed by atoms with E-state index in [0.29, 0.717) is 11.3 Å². The van der Waals surface area contributed by atoms with Gasteiger partial charge in [0.2, 0.25) is 11.8 Å². The van der Waals surface area contributed by atoms with Crippen LogP contribution in [0.2, 0.25) is 0 Å². The molecule has 23 heavy (non-hydrogen) atoms. The number of carboxylic acids is 1. The van der Waals surface area contributed by atoms with Crippen molar-refractivity contribution in [2.24, 2.45) is 0 Å². The van der Waals surface area contributed by atoms with Gasteiger partial charge in [-0.3, -0.25) is 24.3 Å². The molecule has 1 aliphatic heterocycles. The van der Waals surface area contributed by atoms with E-state index in [0.717, 1.165) is 0 Å². The Morgan fingerprint density at radius 1 is 1.35 bits per heavy atom. The summed E-state index contributed by atoms with van der Waals surface area (Å²) >= 11 is 0. The number of carbonyl (C=O) groups is 3. The number of aromatic nitrogens is 2. The predicted molar refractivity (Wildman–Crippen MR) is 79.1 cm³/mol. The molecule has 8 nitrogen and oxygen atoms in total. The lowest BCUT2D eigenvalue weighted by Gasteiger charge is -2.24. The van der Waals surface area contributed by atoms with Gasteiger partial charge in [-0.15, -0.1) is 0 Å². The van der Waals surface area contributed by atoms with Crippen LogP contribution in [-0.4, -0.2) is 32.4 Å². The van der Waals surface area contributed by atoms with Crippen molar-refractivity contribution in [1.29, 1.82) is 0 Å². The van der Waals surface area contributed by atoms with Crippen molar-refractivity contribution in [2.75, 3.05) is 0 Å². The average molecular weight is 315 g/mol. The van der Waals surface area contributed by atoms with E-state index in [4.69, 9.17) is 5.11 Å². The Morgan fingerprint density at radius 2 is 2.09 bits per heavy atom. The number of hydrogen-bond donors (Lipinski definition) is 2. The molecule has 2 aromatic rings. The number of piperidine rings is 1. The molecule has 3 rings (SSSR count). The zero-order valence-corrected chi connectivity index (χ0v) is 12.2. The molecule has 0 aliphatic carbocycles. The number of nitrogens with zero attached hydrogens (tertiary/aromatic N) is 2. The van der Waals surface area contributed by atoms with E-state index in [-0.39, 0.29) is 29.7 Å². The summed E-state index contributed by atoms with van der Waals surface area (Å²) in [5.41, 5.74) is -0.166. The second-order valence-electron chi connectivity index (χ2n) is 5.34. The highest BCUT2D eigenvalue weighted by atomic mass is 16.4. The fraction of sp³-hybridized carbons (Fsp3) is 0.267. The standard InChI is InChI=1S/C15H13N3O5/c1-7-16-10-3-2-8(15(22)23)6-9(10)14(21)18(7)11-4-5-12(19)17-13(11)20/h2-3,6,11H,4-5H2,1H3,(H,22,23)(H,17,19,20). The van der Waals surface area contributed by atoms with E-state index in [9.17, 15) is 19.2 Å². The molecule has 1 aromatic heterocycles. The number of hydrogen-bond acceptors (Lipinski definition) is 5. The lowest BCUT2D eigenvalue weighted by atomic mass is 10.0. The Morgan fingerprint density at radius 3 is 2.74 bits per heavy atom. The SMILES string of the molecule is Cc1nc2ccc(C(=O)O)cc2c(=O)n1C1CCC(=O)NC1=O. The van der Waals surface area contributed by atoms with Crippen LogP contribution < -0.4 is 10.9 Å². The van der Waals surface area contributed by atoms with E-state index in [1.165, 1.54) is 22.8 Å². The van der Waals surface area contributed by atoms with Gasteiger partial charge in [0.25, 0.3) is 5.56 Å². The Balaban J connectivity index is 2.21. The first-order valence-electron chi connectivity index (χ1n) is 6.98. The first-order valence-corrected chi connectivity index (χ1v) is 6.98. The van der Waals surface area contributed by atoms with Crippen LogP contribution in [0.25, 0.3) is 10.9 Å². The van der Waals surface area contributed by atoms with E-state index < -0.39 is 23.5 Å². The largest absolute Gasteiger partial charge is 0.478 e. The highest BCUT2D eigenvalue weighted by Crippen LogP contribution is 2.20. The van der Waals surface area contributed by atoms with Gasteiger partial charge in [0.05, 0.1) is 16.5 Å². The van der Waals surface area contributed by atoms with Gasteiger partial charge in [0.15, 0.2) is 0 Å². The molecular weight excluding hydrogens is 302 g/mol. The van der Waals surface area contributed by atoms with Crippen molar-refractivity contribution in [3.63, 3.8) is 0 Å². The second kappa shape index (κ2) is 5.31. The molecule has 2 amide bonds. The maximum absolute atomic E-state index is 12.7. The number of aryl methyl sites for hydroxylation is 1. The number of carboxylic acid groups (broad SMARTS) is 1. The zero-order valence-electron chi connectivity index (χ0n) is 12.2. The molecule has 1 aliphatic rings. The number of fused-ring (bicyclic) bond motifs is 1. The predicted octanol–water partition coefficient (Wildman–Crippen LogP) is 0.381. The monoisotopic (exact) mass is 315 g/mol. The third-order valence-corrected chi connectivity index (χ3v) is 3.85. The van der Waals surface area contributed by atoms with Gasteiger partial charge in [0.1, 0.15) is 11.9 Å². The Bertz CT molecular complexity index is 915. The number of amides is 2. The fourth-order valence-electron chi connectivity index (χ4n) is 2.74. The van der Waals surface area contributed by atoms with Gasteiger partial charge in [-0.25, -0.2) is 9.78 Å². The summed E-state index contributed by atoms with van der Waals surface area (Å²) in [4.78, 5) is 51.3. The lowest BCUT2D eigenvalue weighted by Crippen LogP contribution is -2.45. The first kappa shape index (κ1) is 14.9. The van der Waals surface area contributed by atoms with Crippen LogP contribution in [0.5, 0.6) is 0 Å². The highest BCUT2D eigenvalue weighted by molar-refractivity contribution is 5.99. The number of carbonyl (C=O) groups excluding carboxylic acids is 2. The fourth-order valence-corrected chi connectivity index (χ4v) is 2.74. The molecule has 1 saturated heterocycles. The molecular formula is C15H13N3O5. The molecule has 0 spiro atoms. The molecule has 2 heterocycles. The van der Waals surface area contributed by atoms with Crippen molar-refractivity contribution < 1.29 is 19.5 Å². The van der Waals surface area contributed by atoms with Crippen molar-refractivity contribution in [2.45, 2.75) is 25.8 Å². The normalized spacial score (nSPS) is 18.0. The van der Waals surface area contributed by atoms with Gasteiger partial charge >= 0.3 is 5.97 Å². The number of imide groups is 1. The summed E-state index contributed by atoms with van der Waals surface area (Å²) in [5.74, 6) is -1.75. The Labute approximate surface area is 129 Å². The highest BCUT2D eigenvalue weighted by Gasteiger charge is 2.30. The quantitative estimate of drug-likeness (QED) is 0.773. The van der Waals surface area contributed by atoms with Crippen molar-refractivity contribution >= 4 is 28.7 Å². The zero-order chi connectivity index (χ0) is 16.7. The number of nitrogens with one attached hydrogen (secondary N) is 1. The molecule has 118 valence electrons. The number of aromatic carboxylic acids is 1. The average Bonchev–Trinajstić information content (AvgIpc) is 2.49. The van der Waals surface area contributed by atoms with Crippen molar-refractivity contribution in [3.05, 3.63) is 39.9 Å². The molecule has 1 atom stereocenters. The molecule has 8 heteroatoms. The van der Waals surface area contributed by atoms with E-state index >= 15 is 0 Å². The van der Waals surface area contributed by atoms with Crippen LogP contribution in [0, 0.1) is 6.92 Å². The first-order chi connectivity index (χ1) is 10.9. The Kier molecular flexibility index (Phi) is 3.44.